The smallest absolute Gasteiger partial charge is 0.163 e. The van der Waals surface area contributed by atoms with E-state index >= 15 is 0 Å². The molecular formula is C16H8Cl2N2S. The van der Waals surface area contributed by atoms with Gasteiger partial charge in [0.2, 0.25) is 0 Å². The molecule has 0 N–H and O–H groups in total. The number of rotatable bonds is 1. The molecule has 0 unspecified atom stereocenters. The van der Waals surface area contributed by atoms with Crippen LogP contribution in [-0.4, -0.2) is 9.97 Å². The van der Waals surface area contributed by atoms with E-state index in [4.69, 9.17) is 23.2 Å². The third-order valence-electron chi connectivity index (χ3n) is 3.35. The molecule has 4 aromatic rings. The molecule has 0 aliphatic carbocycles. The SMILES string of the molecule is Clc1nc(-c2csc3ccccc23)nc2c(Cl)cccc12. The monoisotopic (exact) mass is 330 g/mol. The van der Waals surface area contributed by atoms with Gasteiger partial charge in [-0.1, -0.05) is 47.5 Å². The van der Waals surface area contributed by atoms with Gasteiger partial charge in [0.25, 0.3) is 0 Å². The van der Waals surface area contributed by atoms with Gasteiger partial charge in [0.05, 0.1) is 10.5 Å². The molecule has 0 saturated carbocycles. The van der Waals surface area contributed by atoms with Gasteiger partial charge in [-0.3, -0.25) is 0 Å². The summed E-state index contributed by atoms with van der Waals surface area (Å²) in [7, 11) is 0. The Morgan fingerprint density at radius 1 is 0.857 bits per heavy atom. The van der Waals surface area contributed by atoms with Gasteiger partial charge in [-0.15, -0.1) is 11.3 Å². The Kier molecular flexibility index (Phi) is 3.07. The standard InChI is InChI=1S/C16H8Cl2N2S/c17-12-6-3-5-10-14(12)19-16(20-15(10)18)11-8-21-13-7-2-1-4-9(11)13/h1-8H. The molecule has 102 valence electrons. The molecule has 0 fully saturated rings. The minimum Gasteiger partial charge on any atom is -0.226 e. The van der Waals surface area contributed by atoms with Crippen molar-refractivity contribution in [3.63, 3.8) is 0 Å². The lowest BCUT2D eigenvalue weighted by Crippen LogP contribution is -1.91. The van der Waals surface area contributed by atoms with Crippen molar-refractivity contribution in [2.75, 3.05) is 0 Å². The molecule has 0 saturated heterocycles. The maximum Gasteiger partial charge on any atom is 0.163 e. The molecule has 0 spiro atoms. The van der Waals surface area contributed by atoms with Gasteiger partial charge >= 0.3 is 0 Å². The van der Waals surface area contributed by atoms with Crippen molar-refractivity contribution in [2.24, 2.45) is 0 Å². The number of aromatic nitrogens is 2. The Morgan fingerprint density at radius 3 is 2.57 bits per heavy atom. The van der Waals surface area contributed by atoms with E-state index < -0.39 is 0 Å². The molecule has 0 aliphatic rings. The van der Waals surface area contributed by atoms with E-state index in [-0.39, 0.29) is 0 Å². The van der Waals surface area contributed by atoms with E-state index in [1.165, 1.54) is 4.70 Å². The van der Waals surface area contributed by atoms with Crippen molar-refractivity contribution in [3.8, 4) is 11.4 Å². The number of thiophene rings is 1. The van der Waals surface area contributed by atoms with E-state index in [2.05, 4.69) is 27.5 Å². The van der Waals surface area contributed by atoms with E-state index in [1.54, 1.807) is 11.3 Å². The van der Waals surface area contributed by atoms with Crippen molar-refractivity contribution in [1.82, 2.24) is 9.97 Å². The Balaban J connectivity index is 2.05. The number of nitrogens with zero attached hydrogens (tertiary/aromatic N) is 2. The summed E-state index contributed by atoms with van der Waals surface area (Å²) in [5, 5.41) is 4.96. The van der Waals surface area contributed by atoms with Crippen LogP contribution in [0.1, 0.15) is 0 Å². The van der Waals surface area contributed by atoms with Crippen LogP contribution in [-0.2, 0) is 0 Å². The summed E-state index contributed by atoms with van der Waals surface area (Å²) in [5.41, 5.74) is 1.67. The third kappa shape index (κ3) is 2.09. The second-order valence-corrected chi connectivity index (χ2v) is 6.30. The summed E-state index contributed by atoms with van der Waals surface area (Å²) < 4.78 is 1.20. The number of para-hydroxylation sites is 1. The van der Waals surface area contributed by atoms with Gasteiger partial charge in [0.15, 0.2) is 5.82 Å². The predicted octanol–water partition coefficient (Wildman–Crippen LogP) is 5.82. The van der Waals surface area contributed by atoms with Gasteiger partial charge in [0.1, 0.15) is 5.15 Å². The molecule has 0 radical (unpaired) electrons. The molecule has 0 aliphatic heterocycles. The maximum atomic E-state index is 6.30. The van der Waals surface area contributed by atoms with Crippen LogP contribution in [0.25, 0.3) is 32.4 Å². The Hall–Kier alpha value is -1.68. The highest BCUT2D eigenvalue weighted by atomic mass is 35.5. The zero-order valence-corrected chi connectivity index (χ0v) is 13.0. The molecule has 0 amide bonds. The van der Waals surface area contributed by atoms with Crippen molar-refractivity contribution in [3.05, 3.63) is 58.0 Å². The Bertz CT molecular complexity index is 979. The average molecular weight is 331 g/mol. The fourth-order valence-electron chi connectivity index (χ4n) is 2.35. The van der Waals surface area contributed by atoms with Crippen LogP contribution in [0.3, 0.4) is 0 Å². The van der Waals surface area contributed by atoms with Crippen LogP contribution in [0, 0.1) is 0 Å². The summed E-state index contributed by atoms with van der Waals surface area (Å²) in [6.07, 6.45) is 0. The number of hydrogen-bond donors (Lipinski definition) is 0. The highest BCUT2D eigenvalue weighted by Gasteiger charge is 2.13. The first-order chi connectivity index (χ1) is 10.2. The largest absolute Gasteiger partial charge is 0.226 e. The molecule has 5 heteroatoms. The summed E-state index contributed by atoms with van der Waals surface area (Å²) in [5.74, 6) is 0.609. The first-order valence-electron chi connectivity index (χ1n) is 6.32. The highest BCUT2D eigenvalue weighted by molar-refractivity contribution is 7.17. The van der Waals surface area contributed by atoms with Crippen LogP contribution in [0.15, 0.2) is 47.8 Å². The maximum absolute atomic E-state index is 6.30. The normalized spacial score (nSPS) is 11.3. The van der Waals surface area contributed by atoms with E-state index in [1.807, 2.05) is 30.3 Å². The topological polar surface area (TPSA) is 25.8 Å². The van der Waals surface area contributed by atoms with Crippen LogP contribution in [0.4, 0.5) is 0 Å². The molecular weight excluding hydrogens is 323 g/mol. The highest BCUT2D eigenvalue weighted by Crippen LogP contribution is 2.35. The minimum atomic E-state index is 0.424. The molecule has 0 atom stereocenters. The molecule has 2 aromatic heterocycles. The van der Waals surface area contributed by atoms with E-state index in [9.17, 15) is 0 Å². The van der Waals surface area contributed by atoms with Crippen LogP contribution in [0.5, 0.6) is 0 Å². The van der Waals surface area contributed by atoms with Crippen molar-refractivity contribution in [2.45, 2.75) is 0 Å². The van der Waals surface area contributed by atoms with E-state index in [0.29, 0.717) is 21.5 Å². The van der Waals surface area contributed by atoms with Crippen LogP contribution < -0.4 is 0 Å². The first-order valence-corrected chi connectivity index (χ1v) is 7.96. The lowest BCUT2D eigenvalue weighted by atomic mass is 10.1. The fraction of sp³-hybridized carbons (Fsp3) is 0. The van der Waals surface area contributed by atoms with Gasteiger partial charge in [-0.05, 0) is 18.2 Å². The zero-order chi connectivity index (χ0) is 14.4. The first kappa shape index (κ1) is 13.0. The van der Waals surface area contributed by atoms with E-state index in [0.717, 1.165) is 16.3 Å². The Labute approximate surface area is 135 Å². The van der Waals surface area contributed by atoms with Gasteiger partial charge in [-0.2, -0.15) is 0 Å². The fourth-order valence-corrected chi connectivity index (χ4v) is 3.74. The second kappa shape index (κ2) is 4.95. The molecule has 21 heavy (non-hydrogen) atoms. The molecule has 4 rings (SSSR count). The predicted molar refractivity (Wildman–Crippen MR) is 90.4 cm³/mol. The minimum absolute atomic E-state index is 0.424. The van der Waals surface area contributed by atoms with Crippen LogP contribution >= 0.6 is 34.5 Å². The molecule has 2 heterocycles. The van der Waals surface area contributed by atoms with Gasteiger partial charge < -0.3 is 0 Å². The zero-order valence-electron chi connectivity index (χ0n) is 10.7. The second-order valence-electron chi connectivity index (χ2n) is 4.62. The molecule has 2 aromatic carbocycles. The quantitative estimate of drug-likeness (QED) is 0.411. The van der Waals surface area contributed by atoms with Crippen LogP contribution in [0.2, 0.25) is 10.2 Å². The van der Waals surface area contributed by atoms with Crippen molar-refractivity contribution >= 4 is 55.5 Å². The van der Waals surface area contributed by atoms with Gasteiger partial charge in [0, 0.05) is 26.4 Å². The van der Waals surface area contributed by atoms with Crippen molar-refractivity contribution in [1.29, 1.82) is 0 Å². The van der Waals surface area contributed by atoms with Crippen molar-refractivity contribution < 1.29 is 0 Å². The lowest BCUT2D eigenvalue weighted by Gasteiger charge is -2.05. The Morgan fingerprint density at radius 2 is 1.67 bits per heavy atom. The number of fused-ring (bicyclic) bond motifs is 2. The third-order valence-corrected chi connectivity index (χ3v) is 4.91. The summed E-state index contributed by atoms with van der Waals surface area (Å²) >= 11 is 14.2. The molecule has 2 nitrogen and oxygen atoms in total. The number of benzene rings is 2. The number of hydrogen-bond acceptors (Lipinski definition) is 3. The summed E-state index contributed by atoms with van der Waals surface area (Å²) in [6.45, 7) is 0. The summed E-state index contributed by atoms with van der Waals surface area (Å²) in [6, 6.07) is 13.7. The summed E-state index contributed by atoms with van der Waals surface area (Å²) in [4.78, 5) is 9.04. The number of halogens is 2. The molecule has 0 bridgehead atoms. The van der Waals surface area contributed by atoms with Gasteiger partial charge in [-0.25, -0.2) is 9.97 Å². The lowest BCUT2D eigenvalue weighted by molar-refractivity contribution is 1.24. The average Bonchev–Trinajstić information content (AvgIpc) is 2.92.